The summed E-state index contributed by atoms with van der Waals surface area (Å²) in [5.74, 6) is -0.780. The average molecular weight is 486 g/mol. The van der Waals surface area contributed by atoms with E-state index < -0.39 is 46.7 Å². The average Bonchev–Trinajstić information content (AvgIpc) is 2.73. The second kappa shape index (κ2) is 8.51. The normalized spacial score (nSPS) is 12.7. The number of nitrogens with zero attached hydrogens (tertiary/aromatic N) is 2. The predicted octanol–water partition coefficient (Wildman–Crippen LogP) is 4.16. The first kappa shape index (κ1) is 23.7. The van der Waals surface area contributed by atoms with Crippen LogP contribution in [0.3, 0.4) is 0 Å². The van der Waals surface area contributed by atoms with Gasteiger partial charge in [-0.15, -0.1) is 13.2 Å². The first-order valence-electron chi connectivity index (χ1n) is 9.09. The van der Waals surface area contributed by atoms with Crippen LogP contribution in [0.4, 0.5) is 13.2 Å². The van der Waals surface area contributed by atoms with Crippen molar-refractivity contribution in [2.24, 2.45) is 0 Å². The van der Waals surface area contributed by atoms with E-state index in [0.29, 0.717) is 6.07 Å². The first-order chi connectivity index (χ1) is 14.8. The molecule has 0 radical (unpaired) electrons. The number of hydrogen-bond acceptors (Lipinski definition) is 7. The molecule has 3 aromatic rings. The van der Waals surface area contributed by atoms with E-state index >= 15 is 0 Å². The van der Waals surface area contributed by atoms with Crippen molar-refractivity contribution >= 4 is 19.7 Å². The van der Waals surface area contributed by atoms with Crippen molar-refractivity contribution in [2.45, 2.75) is 46.0 Å². The fourth-order valence-electron chi connectivity index (χ4n) is 2.80. The summed E-state index contributed by atoms with van der Waals surface area (Å²) in [6, 6.07) is 9.07. The largest absolute Gasteiger partial charge is 0.573 e. The van der Waals surface area contributed by atoms with Crippen LogP contribution in [0, 0.1) is 0 Å². The molecule has 3 rings (SSSR count). The van der Waals surface area contributed by atoms with Gasteiger partial charge < -0.3 is 4.74 Å². The van der Waals surface area contributed by atoms with E-state index in [0.717, 1.165) is 30.1 Å². The third-order valence-electron chi connectivity index (χ3n) is 4.37. The number of hydrogen-bond donors (Lipinski definition) is 0. The second-order valence-electron chi connectivity index (χ2n) is 6.92. The second-order valence-corrected chi connectivity index (χ2v) is 10.6. The molecule has 0 saturated heterocycles. The van der Waals surface area contributed by atoms with Crippen molar-refractivity contribution < 1.29 is 34.7 Å². The van der Waals surface area contributed by atoms with Crippen molar-refractivity contribution in [3.8, 4) is 5.75 Å². The van der Waals surface area contributed by atoms with E-state index in [4.69, 9.17) is 0 Å². The Morgan fingerprint density at radius 3 is 1.97 bits per heavy atom. The zero-order valence-corrected chi connectivity index (χ0v) is 18.4. The SMILES string of the molecule is CC(C)c1ccc(S(=O)(=O)c2ccc(OC(F)(F)F)cc2S(=O)(=O)c2ncccn2)cc1. The number of ether oxygens (including phenoxy) is 1. The zero-order chi connectivity index (χ0) is 23.7. The van der Waals surface area contributed by atoms with Gasteiger partial charge in [-0.2, -0.15) is 0 Å². The fourth-order valence-corrected chi connectivity index (χ4v) is 5.98. The van der Waals surface area contributed by atoms with Gasteiger partial charge >= 0.3 is 6.36 Å². The van der Waals surface area contributed by atoms with Crippen LogP contribution in [-0.4, -0.2) is 33.2 Å². The summed E-state index contributed by atoms with van der Waals surface area (Å²) in [7, 11) is -9.14. The highest BCUT2D eigenvalue weighted by Gasteiger charge is 2.35. The van der Waals surface area contributed by atoms with E-state index in [2.05, 4.69) is 14.7 Å². The lowest BCUT2D eigenvalue weighted by atomic mass is 10.0. The van der Waals surface area contributed by atoms with E-state index in [-0.39, 0.29) is 10.8 Å². The van der Waals surface area contributed by atoms with Gasteiger partial charge in [0.1, 0.15) is 5.75 Å². The number of rotatable bonds is 6. The quantitative estimate of drug-likeness (QED) is 0.482. The minimum Gasteiger partial charge on any atom is -0.406 e. The van der Waals surface area contributed by atoms with Gasteiger partial charge in [0.2, 0.25) is 19.7 Å². The van der Waals surface area contributed by atoms with Gasteiger partial charge in [-0.3, -0.25) is 0 Å². The molecule has 0 spiro atoms. The molecule has 0 bridgehead atoms. The summed E-state index contributed by atoms with van der Waals surface area (Å²) in [6.45, 7) is 3.82. The molecular weight excluding hydrogens is 469 g/mol. The van der Waals surface area contributed by atoms with Crippen LogP contribution in [0.2, 0.25) is 0 Å². The Morgan fingerprint density at radius 2 is 1.44 bits per heavy atom. The Labute approximate surface area is 182 Å². The van der Waals surface area contributed by atoms with Crippen LogP contribution in [0.5, 0.6) is 5.75 Å². The Bertz CT molecular complexity index is 1320. The van der Waals surface area contributed by atoms with Gasteiger partial charge in [0.15, 0.2) is 0 Å². The maximum absolute atomic E-state index is 13.2. The minimum atomic E-state index is -5.11. The lowest BCUT2D eigenvalue weighted by Gasteiger charge is -2.14. The summed E-state index contributed by atoms with van der Waals surface area (Å²) in [5, 5.41) is -0.768. The highest BCUT2D eigenvalue weighted by molar-refractivity contribution is 7.94. The molecule has 12 heteroatoms. The van der Waals surface area contributed by atoms with Crippen LogP contribution in [0.1, 0.15) is 25.3 Å². The minimum absolute atomic E-state index is 0.122. The number of aromatic nitrogens is 2. The maximum Gasteiger partial charge on any atom is 0.573 e. The molecule has 0 atom stereocenters. The molecule has 2 aromatic carbocycles. The van der Waals surface area contributed by atoms with Gasteiger partial charge in [-0.25, -0.2) is 26.8 Å². The number of halogens is 3. The van der Waals surface area contributed by atoms with Gasteiger partial charge in [-0.1, -0.05) is 26.0 Å². The Kier molecular flexibility index (Phi) is 6.29. The summed E-state index contributed by atoms with van der Waals surface area (Å²) >= 11 is 0. The summed E-state index contributed by atoms with van der Waals surface area (Å²) < 4.78 is 94.4. The van der Waals surface area contributed by atoms with Crippen molar-refractivity contribution in [1.82, 2.24) is 9.97 Å². The molecule has 7 nitrogen and oxygen atoms in total. The summed E-state index contributed by atoms with van der Waals surface area (Å²) in [5.41, 5.74) is 0.850. The van der Waals surface area contributed by atoms with Gasteiger partial charge in [0.05, 0.1) is 14.7 Å². The summed E-state index contributed by atoms with van der Waals surface area (Å²) in [6.07, 6.45) is -2.90. The standard InChI is InChI=1S/C20H17F3N2O5S2/c1-13(2)14-4-7-16(8-5-14)31(26,27)17-9-6-15(30-20(21,22)23)12-18(17)32(28,29)19-24-10-3-11-25-19/h3-13H,1-2H3. The predicted molar refractivity (Wildman–Crippen MR) is 107 cm³/mol. The van der Waals surface area contributed by atoms with Crippen LogP contribution in [0.15, 0.2) is 80.8 Å². The Hall–Kier alpha value is -2.99. The molecule has 0 aliphatic heterocycles. The number of sulfone groups is 2. The van der Waals surface area contributed by atoms with E-state index in [1.54, 1.807) is 12.1 Å². The molecule has 0 aliphatic carbocycles. The highest BCUT2D eigenvalue weighted by Crippen LogP contribution is 2.34. The lowest BCUT2D eigenvalue weighted by molar-refractivity contribution is -0.274. The molecule has 32 heavy (non-hydrogen) atoms. The van der Waals surface area contributed by atoms with Crippen LogP contribution in [-0.2, 0) is 19.7 Å². The van der Waals surface area contributed by atoms with Crippen LogP contribution < -0.4 is 4.74 Å². The monoisotopic (exact) mass is 486 g/mol. The lowest BCUT2D eigenvalue weighted by Crippen LogP contribution is -2.18. The molecule has 0 unspecified atom stereocenters. The van der Waals surface area contributed by atoms with E-state index in [9.17, 15) is 30.0 Å². The molecule has 0 aliphatic rings. The van der Waals surface area contributed by atoms with Crippen LogP contribution in [0.25, 0.3) is 0 Å². The topological polar surface area (TPSA) is 103 Å². The smallest absolute Gasteiger partial charge is 0.406 e. The molecule has 170 valence electrons. The van der Waals surface area contributed by atoms with Crippen LogP contribution >= 0.6 is 0 Å². The first-order valence-corrected chi connectivity index (χ1v) is 12.1. The molecule has 1 heterocycles. The Balaban J connectivity index is 2.23. The maximum atomic E-state index is 13.2. The van der Waals surface area contributed by atoms with Crippen molar-refractivity contribution in [1.29, 1.82) is 0 Å². The van der Waals surface area contributed by atoms with Gasteiger partial charge in [0.25, 0.3) is 5.16 Å². The molecule has 0 saturated carbocycles. The third-order valence-corrected chi connectivity index (χ3v) is 7.93. The third kappa shape index (κ3) is 4.91. The number of benzene rings is 2. The molecule has 0 amide bonds. The molecule has 0 N–H and O–H groups in total. The zero-order valence-electron chi connectivity index (χ0n) is 16.7. The fraction of sp³-hybridized carbons (Fsp3) is 0.200. The van der Waals surface area contributed by atoms with Crippen molar-refractivity contribution in [3.63, 3.8) is 0 Å². The molecular formula is C20H17F3N2O5S2. The van der Waals surface area contributed by atoms with Gasteiger partial charge in [-0.05, 0) is 41.8 Å². The molecule has 1 aromatic heterocycles. The number of alkyl halides is 3. The molecule has 0 fully saturated rings. The highest BCUT2D eigenvalue weighted by atomic mass is 32.2. The Morgan fingerprint density at radius 1 is 0.844 bits per heavy atom. The van der Waals surface area contributed by atoms with Crippen molar-refractivity contribution in [3.05, 3.63) is 66.5 Å². The van der Waals surface area contributed by atoms with Crippen molar-refractivity contribution in [2.75, 3.05) is 0 Å². The van der Waals surface area contributed by atoms with Gasteiger partial charge in [0, 0.05) is 18.5 Å². The van der Waals surface area contributed by atoms with E-state index in [1.807, 2.05) is 13.8 Å². The van der Waals surface area contributed by atoms with E-state index in [1.165, 1.54) is 18.2 Å². The summed E-state index contributed by atoms with van der Waals surface area (Å²) in [4.78, 5) is 5.32.